The molecule has 1 rings (SSSR count). The number of benzene rings is 1. The van der Waals surface area contributed by atoms with Crippen LogP contribution in [0.25, 0.3) is 0 Å². The van der Waals surface area contributed by atoms with Crippen LogP contribution < -0.4 is 5.32 Å². The molecule has 0 radical (unpaired) electrons. The van der Waals surface area contributed by atoms with Crippen molar-refractivity contribution in [2.75, 3.05) is 7.05 Å². The number of hydrogen-bond donors (Lipinski definition) is 1. The predicted molar refractivity (Wildman–Crippen MR) is 58.7 cm³/mol. The van der Waals surface area contributed by atoms with Gasteiger partial charge in [-0.05, 0) is 24.7 Å². The van der Waals surface area contributed by atoms with E-state index in [0.29, 0.717) is 0 Å². The highest BCUT2D eigenvalue weighted by Crippen LogP contribution is 2.08. The summed E-state index contributed by atoms with van der Waals surface area (Å²) in [5.41, 5.74) is 1.26. The number of rotatable bonds is 2. The van der Waals surface area contributed by atoms with E-state index in [2.05, 4.69) is 5.32 Å². The SMILES string of the molecule is CNCc1ccc(Cl)cc1.Cl.Cl. The van der Waals surface area contributed by atoms with Gasteiger partial charge in [0.25, 0.3) is 0 Å². The van der Waals surface area contributed by atoms with E-state index in [1.807, 2.05) is 31.3 Å². The summed E-state index contributed by atoms with van der Waals surface area (Å²) < 4.78 is 0. The maximum absolute atomic E-state index is 5.69. The van der Waals surface area contributed by atoms with Crippen molar-refractivity contribution in [3.8, 4) is 0 Å². The molecule has 1 N–H and O–H groups in total. The molecule has 0 aliphatic rings. The quantitative estimate of drug-likeness (QED) is 0.821. The standard InChI is InChI=1S/C8H10ClN.2ClH/c1-10-6-7-2-4-8(9)5-3-7;;/h2-5,10H,6H2,1H3;2*1H. The molecular weight excluding hydrogens is 216 g/mol. The molecule has 0 heterocycles. The summed E-state index contributed by atoms with van der Waals surface area (Å²) in [5.74, 6) is 0. The molecule has 0 aliphatic heterocycles. The predicted octanol–water partition coefficient (Wildman–Crippen LogP) is 2.90. The van der Waals surface area contributed by atoms with Crippen molar-refractivity contribution in [3.05, 3.63) is 34.9 Å². The lowest BCUT2D eigenvalue weighted by Crippen LogP contribution is -2.04. The minimum atomic E-state index is 0. The molecule has 1 aromatic carbocycles. The van der Waals surface area contributed by atoms with E-state index in [1.165, 1.54) is 5.56 Å². The van der Waals surface area contributed by atoms with E-state index in [1.54, 1.807) is 0 Å². The van der Waals surface area contributed by atoms with Gasteiger partial charge in [-0.25, -0.2) is 0 Å². The molecule has 0 saturated heterocycles. The van der Waals surface area contributed by atoms with E-state index in [0.717, 1.165) is 11.6 Å². The van der Waals surface area contributed by atoms with Crippen molar-refractivity contribution < 1.29 is 0 Å². The fourth-order valence-electron chi connectivity index (χ4n) is 0.806. The first kappa shape index (κ1) is 14.6. The summed E-state index contributed by atoms with van der Waals surface area (Å²) >= 11 is 5.69. The molecule has 1 nitrogen and oxygen atoms in total. The van der Waals surface area contributed by atoms with Gasteiger partial charge in [-0.1, -0.05) is 23.7 Å². The zero-order valence-electron chi connectivity index (χ0n) is 6.71. The third kappa shape index (κ3) is 4.83. The van der Waals surface area contributed by atoms with E-state index < -0.39 is 0 Å². The lowest BCUT2D eigenvalue weighted by atomic mass is 10.2. The van der Waals surface area contributed by atoms with Crippen molar-refractivity contribution in [1.82, 2.24) is 5.32 Å². The Morgan fingerprint density at radius 2 is 1.67 bits per heavy atom. The van der Waals surface area contributed by atoms with Gasteiger partial charge in [0.2, 0.25) is 0 Å². The molecule has 0 saturated carbocycles. The Hall–Kier alpha value is 0.0500. The number of hydrogen-bond acceptors (Lipinski definition) is 1. The summed E-state index contributed by atoms with van der Waals surface area (Å²) in [7, 11) is 1.93. The summed E-state index contributed by atoms with van der Waals surface area (Å²) in [6.07, 6.45) is 0. The van der Waals surface area contributed by atoms with Crippen molar-refractivity contribution in [3.63, 3.8) is 0 Å². The van der Waals surface area contributed by atoms with Crippen LogP contribution in [0.3, 0.4) is 0 Å². The van der Waals surface area contributed by atoms with Gasteiger partial charge < -0.3 is 5.32 Å². The van der Waals surface area contributed by atoms with Crippen LogP contribution in [0.15, 0.2) is 24.3 Å². The van der Waals surface area contributed by atoms with Crippen molar-refractivity contribution >= 4 is 36.4 Å². The highest BCUT2D eigenvalue weighted by Gasteiger charge is 1.88. The molecule has 0 bridgehead atoms. The summed E-state index contributed by atoms with van der Waals surface area (Å²) in [6, 6.07) is 7.82. The van der Waals surface area contributed by atoms with Gasteiger partial charge in [-0.3, -0.25) is 0 Å². The Kier molecular flexibility index (Phi) is 9.33. The number of halogens is 3. The van der Waals surface area contributed by atoms with Crippen LogP contribution in [0.2, 0.25) is 5.02 Å². The Morgan fingerprint density at radius 3 is 2.08 bits per heavy atom. The average Bonchev–Trinajstić information content (AvgIpc) is 1.95. The smallest absolute Gasteiger partial charge is 0.0406 e. The minimum absolute atomic E-state index is 0. The first-order valence-electron chi connectivity index (χ1n) is 3.22. The van der Waals surface area contributed by atoms with E-state index in [-0.39, 0.29) is 24.8 Å². The van der Waals surface area contributed by atoms with Gasteiger partial charge in [0.15, 0.2) is 0 Å². The van der Waals surface area contributed by atoms with Crippen LogP contribution in [-0.2, 0) is 6.54 Å². The van der Waals surface area contributed by atoms with Crippen molar-refractivity contribution in [1.29, 1.82) is 0 Å². The van der Waals surface area contributed by atoms with Crippen LogP contribution in [-0.4, -0.2) is 7.05 Å². The normalized spacial score (nSPS) is 8.17. The lowest BCUT2D eigenvalue weighted by molar-refractivity contribution is 0.818. The van der Waals surface area contributed by atoms with Gasteiger partial charge in [-0.15, -0.1) is 24.8 Å². The van der Waals surface area contributed by atoms with Gasteiger partial charge in [0, 0.05) is 11.6 Å². The number of nitrogens with one attached hydrogen (secondary N) is 1. The zero-order chi connectivity index (χ0) is 7.40. The Bertz CT molecular complexity index is 198. The third-order valence-electron chi connectivity index (χ3n) is 1.29. The molecule has 0 fully saturated rings. The topological polar surface area (TPSA) is 12.0 Å². The molecule has 0 atom stereocenters. The second kappa shape index (κ2) is 7.69. The van der Waals surface area contributed by atoms with Gasteiger partial charge in [0.05, 0.1) is 0 Å². The highest BCUT2D eigenvalue weighted by molar-refractivity contribution is 6.30. The van der Waals surface area contributed by atoms with E-state index in [4.69, 9.17) is 11.6 Å². The summed E-state index contributed by atoms with van der Waals surface area (Å²) in [5, 5.41) is 3.85. The van der Waals surface area contributed by atoms with Crippen LogP contribution >= 0.6 is 36.4 Å². The maximum atomic E-state index is 5.69. The van der Waals surface area contributed by atoms with Crippen LogP contribution in [0.5, 0.6) is 0 Å². The molecule has 0 unspecified atom stereocenters. The largest absolute Gasteiger partial charge is 0.316 e. The minimum Gasteiger partial charge on any atom is -0.316 e. The molecule has 12 heavy (non-hydrogen) atoms. The van der Waals surface area contributed by atoms with Gasteiger partial charge >= 0.3 is 0 Å². The van der Waals surface area contributed by atoms with Crippen molar-refractivity contribution in [2.45, 2.75) is 6.54 Å². The van der Waals surface area contributed by atoms with E-state index in [9.17, 15) is 0 Å². The van der Waals surface area contributed by atoms with Crippen molar-refractivity contribution in [2.24, 2.45) is 0 Å². The summed E-state index contributed by atoms with van der Waals surface area (Å²) in [6.45, 7) is 0.900. The molecule has 70 valence electrons. The fourth-order valence-corrected chi connectivity index (χ4v) is 0.932. The fraction of sp³-hybridized carbons (Fsp3) is 0.250. The molecule has 0 spiro atoms. The lowest BCUT2D eigenvalue weighted by Gasteiger charge is -1.97. The molecular formula is C8H12Cl3N. The van der Waals surface area contributed by atoms with Gasteiger partial charge in [0.1, 0.15) is 0 Å². The molecule has 0 aromatic heterocycles. The molecule has 0 amide bonds. The molecule has 1 aromatic rings. The monoisotopic (exact) mass is 227 g/mol. The average molecular weight is 229 g/mol. The molecule has 0 aliphatic carbocycles. The second-order valence-corrected chi connectivity index (χ2v) is 2.59. The van der Waals surface area contributed by atoms with Crippen LogP contribution in [0.1, 0.15) is 5.56 Å². The highest BCUT2D eigenvalue weighted by atomic mass is 35.5. The third-order valence-corrected chi connectivity index (χ3v) is 1.55. The van der Waals surface area contributed by atoms with Crippen LogP contribution in [0, 0.1) is 0 Å². The Labute approximate surface area is 90.3 Å². The first-order valence-corrected chi connectivity index (χ1v) is 3.60. The van der Waals surface area contributed by atoms with Gasteiger partial charge in [-0.2, -0.15) is 0 Å². The molecule has 4 heteroatoms. The zero-order valence-corrected chi connectivity index (χ0v) is 9.10. The van der Waals surface area contributed by atoms with E-state index >= 15 is 0 Å². The Morgan fingerprint density at radius 1 is 1.17 bits per heavy atom. The maximum Gasteiger partial charge on any atom is 0.0406 e. The second-order valence-electron chi connectivity index (χ2n) is 2.16. The summed E-state index contributed by atoms with van der Waals surface area (Å²) in [4.78, 5) is 0. The van der Waals surface area contributed by atoms with Crippen LogP contribution in [0.4, 0.5) is 0 Å². The Balaban J connectivity index is 0. The first-order chi connectivity index (χ1) is 4.83.